The number of carbonyl (C=O) groups is 1. The van der Waals surface area contributed by atoms with Gasteiger partial charge in [0.15, 0.2) is 0 Å². The van der Waals surface area contributed by atoms with Crippen molar-refractivity contribution in [3.8, 4) is 17.1 Å². The number of allylic oxidation sites excluding steroid dienone is 2. The Morgan fingerprint density at radius 3 is 2.64 bits per heavy atom. The largest absolute Gasteiger partial charge is 0.474 e. The van der Waals surface area contributed by atoms with Gasteiger partial charge in [-0.3, -0.25) is 4.79 Å². The van der Waals surface area contributed by atoms with Gasteiger partial charge < -0.3 is 20.4 Å². The van der Waals surface area contributed by atoms with Gasteiger partial charge in [0.1, 0.15) is 23.9 Å². The molecule has 1 aromatic carbocycles. The van der Waals surface area contributed by atoms with Crippen molar-refractivity contribution in [1.29, 1.82) is 0 Å². The van der Waals surface area contributed by atoms with Crippen molar-refractivity contribution in [2.45, 2.75) is 46.1 Å². The van der Waals surface area contributed by atoms with Crippen molar-refractivity contribution in [3.63, 3.8) is 0 Å². The molecule has 0 bridgehead atoms. The maximum absolute atomic E-state index is 12.1. The Balaban J connectivity index is 1.47. The fourth-order valence-electron chi connectivity index (χ4n) is 5.25. The SMILES string of the molecule is C=C(C)C(=O)Nc1ccc(-c2c(C3=CC[C@H]([C@H](C)Oc4cccc(C)n4)CC3)c3c(N)ncnc3n2C)cc1. The number of rotatable bonds is 7. The monoisotopic (exact) mass is 522 g/mol. The molecule has 4 aromatic rings. The summed E-state index contributed by atoms with van der Waals surface area (Å²) in [6, 6.07) is 13.7. The van der Waals surface area contributed by atoms with Gasteiger partial charge >= 0.3 is 0 Å². The summed E-state index contributed by atoms with van der Waals surface area (Å²) in [6.07, 6.45) is 6.60. The zero-order valence-corrected chi connectivity index (χ0v) is 22.9. The van der Waals surface area contributed by atoms with Crippen molar-refractivity contribution in [2.24, 2.45) is 13.0 Å². The van der Waals surface area contributed by atoms with Crippen molar-refractivity contribution in [3.05, 3.63) is 78.3 Å². The van der Waals surface area contributed by atoms with Crippen molar-refractivity contribution >= 4 is 34.0 Å². The second-order valence-electron chi connectivity index (χ2n) is 10.3. The number of nitrogen functional groups attached to an aromatic ring is 1. The third-order valence-electron chi connectivity index (χ3n) is 7.41. The lowest BCUT2D eigenvalue weighted by molar-refractivity contribution is -0.112. The van der Waals surface area contributed by atoms with Crippen LogP contribution in [0.4, 0.5) is 11.5 Å². The van der Waals surface area contributed by atoms with E-state index < -0.39 is 0 Å². The molecule has 200 valence electrons. The standard InChI is InChI=1S/C31H34N6O2/c1-18(2)31(38)36-24-15-13-23(14-16-24)28-26(27-29(32)33-17-34-30(27)37(28)5)22-11-9-21(10-12-22)20(4)39-25-8-6-7-19(3)35-25/h6-8,11,13-17,20-21H,1,9-10,12H2,2-5H3,(H,36,38)(H2,32,33,34)/t20-,21-/m0/s1. The van der Waals surface area contributed by atoms with Crippen LogP contribution in [-0.4, -0.2) is 31.5 Å². The number of hydrogen-bond donors (Lipinski definition) is 2. The van der Waals surface area contributed by atoms with Gasteiger partial charge in [-0.1, -0.05) is 30.9 Å². The van der Waals surface area contributed by atoms with Gasteiger partial charge in [0.25, 0.3) is 5.91 Å². The number of ether oxygens (including phenoxy) is 1. The van der Waals surface area contributed by atoms with Crippen LogP contribution in [-0.2, 0) is 11.8 Å². The first-order valence-electron chi connectivity index (χ1n) is 13.2. The predicted molar refractivity (Wildman–Crippen MR) is 156 cm³/mol. The molecule has 0 fully saturated rings. The summed E-state index contributed by atoms with van der Waals surface area (Å²) in [5.74, 6) is 1.31. The average molecular weight is 523 g/mol. The average Bonchev–Trinajstić information content (AvgIpc) is 3.22. The molecular formula is C31H34N6O2. The number of aryl methyl sites for hydroxylation is 2. The van der Waals surface area contributed by atoms with E-state index in [4.69, 9.17) is 10.5 Å². The molecule has 0 unspecified atom stereocenters. The Bertz CT molecular complexity index is 1580. The van der Waals surface area contributed by atoms with E-state index in [1.165, 1.54) is 11.9 Å². The molecule has 0 aliphatic heterocycles. The van der Waals surface area contributed by atoms with E-state index in [0.717, 1.165) is 52.8 Å². The summed E-state index contributed by atoms with van der Waals surface area (Å²) in [5, 5.41) is 3.74. The molecule has 8 nitrogen and oxygen atoms in total. The summed E-state index contributed by atoms with van der Waals surface area (Å²) in [5.41, 5.74) is 13.7. The van der Waals surface area contributed by atoms with E-state index in [9.17, 15) is 4.79 Å². The lowest BCUT2D eigenvalue weighted by Crippen LogP contribution is -2.25. The molecule has 3 aromatic heterocycles. The number of amides is 1. The number of fused-ring (bicyclic) bond motifs is 1. The van der Waals surface area contributed by atoms with Crippen LogP contribution in [0.25, 0.3) is 27.9 Å². The predicted octanol–water partition coefficient (Wildman–Crippen LogP) is 6.09. The molecule has 39 heavy (non-hydrogen) atoms. The highest BCUT2D eigenvalue weighted by Crippen LogP contribution is 2.43. The fraction of sp³-hybridized carbons (Fsp3) is 0.290. The van der Waals surface area contributed by atoms with Crippen LogP contribution in [0.1, 0.15) is 44.4 Å². The number of anilines is 2. The maximum Gasteiger partial charge on any atom is 0.250 e. The van der Waals surface area contributed by atoms with Crippen molar-refractivity contribution in [2.75, 3.05) is 11.1 Å². The fourth-order valence-corrected chi connectivity index (χ4v) is 5.25. The van der Waals surface area contributed by atoms with E-state index >= 15 is 0 Å². The molecule has 1 aliphatic carbocycles. The number of nitrogens with two attached hydrogens (primary N) is 1. The molecule has 2 atom stereocenters. The van der Waals surface area contributed by atoms with E-state index in [1.807, 2.05) is 56.4 Å². The Hall–Kier alpha value is -4.46. The molecule has 8 heteroatoms. The van der Waals surface area contributed by atoms with Gasteiger partial charge in [0.2, 0.25) is 5.88 Å². The van der Waals surface area contributed by atoms with Crippen LogP contribution < -0.4 is 15.8 Å². The van der Waals surface area contributed by atoms with Gasteiger partial charge in [-0.15, -0.1) is 0 Å². The van der Waals surface area contributed by atoms with Crippen LogP contribution in [0.5, 0.6) is 5.88 Å². The van der Waals surface area contributed by atoms with E-state index in [1.54, 1.807) is 6.92 Å². The summed E-state index contributed by atoms with van der Waals surface area (Å²) in [7, 11) is 2.00. The highest BCUT2D eigenvalue weighted by atomic mass is 16.5. The van der Waals surface area contributed by atoms with E-state index in [0.29, 0.717) is 28.9 Å². The topological polar surface area (TPSA) is 108 Å². The first kappa shape index (κ1) is 26.2. The van der Waals surface area contributed by atoms with Crippen LogP contribution in [0.15, 0.2) is 67.0 Å². The molecule has 0 spiro atoms. The van der Waals surface area contributed by atoms with Crippen molar-refractivity contribution < 1.29 is 9.53 Å². The van der Waals surface area contributed by atoms with Gasteiger partial charge in [-0.25, -0.2) is 15.0 Å². The van der Waals surface area contributed by atoms with Crippen LogP contribution in [0.3, 0.4) is 0 Å². The lowest BCUT2D eigenvalue weighted by Gasteiger charge is -2.28. The molecule has 1 aliphatic rings. The van der Waals surface area contributed by atoms with Crippen LogP contribution in [0, 0.1) is 12.8 Å². The highest BCUT2D eigenvalue weighted by Gasteiger charge is 2.28. The highest BCUT2D eigenvalue weighted by molar-refractivity contribution is 6.05. The number of nitrogens with zero attached hydrogens (tertiary/aromatic N) is 4. The number of aromatic nitrogens is 4. The molecule has 1 amide bonds. The molecule has 5 rings (SSSR count). The van der Waals surface area contributed by atoms with Gasteiger partial charge in [-0.05, 0) is 75.3 Å². The minimum absolute atomic E-state index is 0.0412. The second kappa shape index (κ2) is 10.7. The molecular weight excluding hydrogens is 488 g/mol. The van der Waals surface area contributed by atoms with Gasteiger partial charge in [0, 0.05) is 35.6 Å². The smallest absolute Gasteiger partial charge is 0.250 e. The van der Waals surface area contributed by atoms with Gasteiger partial charge in [0.05, 0.1) is 11.1 Å². The maximum atomic E-state index is 12.1. The molecule has 0 radical (unpaired) electrons. The quantitative estimate of drug-likeness (QED) is 0.285. The molecule has 3 N–H and O–H groups in total. The molecule has 0 saturated carbocycles. The summed E-state index contributed by atoms with van der Waals surface area (Å²) < 4.78 is 8.27. The Labute approximate surface area is 228 Å². The summed E-state index contributed by atoms with van der Waals surface area (Å²) in [4.78, 5) is 25.4. The Morgan fingerprint density at radius 2 is 1.97 bits per heavy atom. The lowest BCUT2D eigenvalue weighted by atomic mass is 9.83. The van der Waals surface area contributed by atoms with Crippen LogP contribution >= 0.6 is 0 Å². The normalized spacial score (nSPS) is 16.0. The van der Waals surface area contributed by atoms with Crippen molar-refractivity contribution in [1.82, 2.24) is 19.5 Å². The Morgan fingerprint density at radius 1 is 1.21 bits per heavy atom. The minimum Gasteiger partial charge on any atom is -0.474 e. The third-order valence-corrected chi connectivity index (χ3v) is 7.41. The number of pyridine rings is 1. The Kier molecular flexibility index (Phi) is 7.19. The van der Waals surface area contributed by atoms with Gasteiger partial charge in [-0.2, -0.15) is 0 Å². The minimum atomic E-state index is -0.200. The molecule has 0 saturated heterocycles. The zero-order chi connectivity index (χ0) is 27.7. The first-order valence-corrected chi connectivity index (χ1v) is 13.2. The third kappa shape index (κ3) is 5.27. The summed E-state index contributed by atoms with van der Waals surface area (Å²) in [6.45, 7) is 9.48. The van der Waals surface area contributed by atoms with Crippen LogP contribution in [0.2, 0.25) is 0 Å². The second-order valence-corrected chi connectivity index (χ2v) is 10.3. The molecule has 3 heterocycles. The number of hydrogen-bond acceptors (Lipinski definition) is 6. The number of carbonyl (C=O) groups excluding carboxylic acids is 1. The first-order chi connectivity index (χ1) is 18.7. The zero-order valence-electron chi connectivity index (χ0n) is 22.9. The number of nitrogens with one attached hydrogen (secondary N) is 1. The summed E-state index contributed by atoms with van der Waals surface area (Å²) >= 11 is 0. The number of benzene rings is 1. The van der Waals surface area contributed by atoms with E-state index in [2.05, 4.69) is 44.4 Å². The van der Waals surface area contributed by atoms with E-state index in [-0.39, 0.29) is 12.0 Å².